The minimum absolute atomic E-state index is 0.0645. The van der Waals surface area contributed by atoms with Gasteiger partial charge in [0.05, 0.1) is 23.9 Å². The monoisotopic (exact) mass is 434 g/mol. The van der Waals surface area contributed by atoms with E-state index in [2.05, 4.69) is 27.3 Å². The van der Waals surface area contributed by atoms with Crippen molar-refractivity contribution >= 4 is 21.9 Å². The van der Waals surface area contributed by atoms with Crippen molar-refractivity contribution in [2.24, 2.45) is 0 Å². The fraction of sp³-hybridized carbons (Fsp3) is 0.227. The zero-order chi connectivity index (χ0) is 21.8. The normalized spacial score (nSPS) is 14.4. The van der Waals surface area contributed by atoms with Crippen LogP contribution in [0.2, 0.25) is 0 Å². The van der Waals surface area contributed by atoms with Gasteiger partial charge >= 0.3 is 0 Å². The summed E-state index contributed by atoms with van der Waals surface area (Å²) in [6.07, 6.45) is 8.58. The summed E-state index contributed by atoms with van der Waals surface area (Å²) in [4.78, 5) is 4.35. The number of nitriles is 1. The molecule has 0 saturated heterocycles. The summed E-state index contributed by atoms with van der Waals surface area (Å²) in [7, 11) is -3.86. The molecule has 1 aromatic carbocycles. The fourth-order valence-electron chi connectivity index (χ4n) is 3.22. The highest BCUT2D eigenvalue weighted by Crippen LogP contribution is 2.39. The standard InChI is InChI=1S/C22H22N6O2S/c23-9-16-1-3-17(4-2-16)11-26-31(29,30)21(10-24)13-25-12-20-15-28-14-19(18-5-6-18)7-8-22(28)27-20/h1-4,7-8,10,13-15,18,24-26H,5-6,11-12H2/b21-13+,24-10?. The van der Waals surface area contributed by atoms with Gasteiger partial charge in [0, 0.05) is 31.4 Å². The molecule has 8 nitrogen and oxygen atoms in total. The number of pyridine rings is 1. The van der Waals surface area contributed by atoms with E-state index >= 15 is 0 Å². The predicted octanol–water partition coefficient (Wildman–Crippen LogP) is 2.78. The second kappa shape index (κ2) is 8.71. The number of nitrogens with zero attached hydrogens (tertiary/aromatic N) is 3. The lowest BCUT2D eigenvalue weighted by molar-refractivity contribution is 0.589. The SMILES string of the molecule is N#Cc1ccc(CNS(=O)(=O)/C(C=N)=C/NCc2cn3cc(C4CC4)ccc3n2)cc1. The van der Waals surface area contributed by atoms with Crippen LogP contribution in [0.15, 0.2) is 59.9 Å². The van der Waals surface area contributed by atoms with Crippen molar-refractivity contribution in [2.45, 2.75) is 31.8 Å². The van der Waals surface area contributed by atoms with Gasteiger partial charge in [0.1, 0.15) is 10.6 Å². The van der Waals surface area contributed by atoms with Crippen LogP contribution in [0.1, 0.15) is 41.1 Å². The summed E-state index contributed by atoms with van der Waals surface area (Å²) >= 11 is 0. The minimum atomic E-state index is -3.86. The Morgan fingerprint density at radius 1 is 1.19 bits per heavy atom. The molecule has 0 aliphatic heterocycles. The topological polar surface area (TPSA) is 123 Å². The fourth-order valence-corrected chi connectivity index (χ4v) is 4.13. The summed E-state index contributed by atoms with van der Waals surface area (Å²) in [5.41, 5.74) is 4.15. The number of rotatable bonds is 9. The van der Waals surface area contributed by atoms with Crippen LogP contribution in [0.25, 0.3) is 5.65 Å². The quantitative estimate of drug-likeness (QED) is 0.447. The summed E-state index contributed by atoms with van der Waals surface area (Å²) in [6.45, 7) is 0.401. The lowest BCUT2D eigenvalue weighted by atomic mass is 10.1. The van der Waals surface area contributed by atoms with Crippen LogP contribution in [0, 0.1) is 16.7 Å². The van der Waals surface area contributed by atoms with Crippen LogP contribution < -0.4 is 10.0 Å². The van der Waals surface area contributed by atoms with E-state index in [0.717, 1.165) is 23.1 Å². The molecule has 1 fully saturated rings. The van der Waals surface area contributed by atoms with Crippen molar-refractivity contribution in [3.8, 4) is 6.07 Å². The lowest BCUT2D eigenvalue weighted by Gasteiger charge is -2.08. The number of hydrogen-bond acceptors (Lipinski definition) is 6. The molecule has 0 amide bonds. The van der Waals surface area contributed by atoms with Gasteiger partial charge in [0.25, 0.3) is 0 Å². The Balaban J connectivity index is 1.38. The maximum atomic E-state index is 12.5. The molecule has 0 unspecified atom stereocenters. The second-order valence-corrected chi connectivity index (χ2v) is 9.21. The molecule has 2 aromatic heterocycles. The van der Waals surface area contributed by atoms with Gasteiger partial charge in [-0.05, 0) is 48.1 Å². The first-order valence-electron chi connectivity index (χ1n) is 9.89. The molecule has 2 heterocycles. The number of imidazole rings is 1. The predicted molar refractivity (Wildman–Crippen MR) is 118 cm³/mol. The molecule has 0 spiro atoms. The Kier molecular flexibility index (Phi) is 5.84. The molecule has 0 atom stereocenters. The molecular formula is C22H22N6O2S. The van der Waals surface area contributed by atoms with Crippen molar-refractivity contribution < 1.29 is 8.42 Å². The summed E-state index contributed by atoms with van der Waals surface area (Å²) < 4.78 is 29.5. The molecule has 0 radical (unpaired) electrons. The van der Waals surface area contributed by atoms with Crippen LogP contribution in [0.4, 0.5) is 0 Å². The Morgan fingerprint density at radius 2 is 1.97 bits per heavy atom. The molecule has 158 valence electrons. The Morgan fingerprint density at radius 3 is 2.65 bits per heavy atom. The highest BCUT2D eigenvalue weighted by Gasteiger charge is 2.23. The third-order valence-electron chi connectivity index (χ3n) is 5.10. The van der Waals surface area contributed by atoms with Gasteiger partial charge in [-0.2, -0.15) is 5.26 Å². The van der Waals surface area contributed by atoms with Gasteiger partial charge in [-0.25, -0.2) is 18.1 Å². The third-order valence-corrected chi connectivity index (χ3v) is 6.48. The molecule has 1 aliphatic rings. The van der Waals surface area contributed by atoms with Crippen LogP contribution in [0.3, 0.4) is 0 Å². The lowest BCUT2D eigenvalue weighted by Crippen LogP contribution is -2.26. The Bertz CT molecular complexity index is 1280. The van der Waals surface area contributed by atoms with Gasteiger partial charge in [0.15, 0.2) is 0 Å². The number of hydrogen-bond donors (Lipinski definition) is 3. The summed E-state index contributed by atoms with van der Waals surface area (Å²) in [6, 6.07) is 12.7. The molecular weight excluding hydrogens is 412 g/mol. The highest BCUT2D eigenvalue weighted by molar-refractivity contribution is 7.94. The highest BCUT2D eigenvalue weighted by atomic mass is 32.2. The van der Waals surface area contributed by atoms with Crippen molar-refractivity contribution in [3.63, 3.8) is 0 Å². The minimum Gasteiger partial charge on any atom is -0.384 e. The molecule has 3 aromatic rings. The van der Waals surface area contributed by atoms with E-state index < -0.39 is 10.0 Å². The number of benzene rings is 1. The molecule has 1 aliphatic carbocycles. The average molecular weight is 435 g/mol. The molecule has 4 rings (SSSR count). The van der Waals surface area contributed by atoms with Gasteiger partial charge in [-0.15, -0.1) is 0 Å². The summed E-state index contributed by atoms with van der Waals surface area (Å²) in [5.74, 6) is 0.661. The molecule has 3 N–H and O–H groups in total. The first kappa shape index (κ1) is 20.8. The van der Waals surface area contributed by atoms with Crippen molar-refractivity contribution in [1.82, 2.24) is 19.4 Å². The van der Waals surface area contributed by atoms with E-state index in [9.17, 15) is 8.42 Å². The van der Waals surface area contributed by atoms with E-state index in [1.807, 2.05) is 22.7 Å². The summed E-state index contributed by atoms with van der Waals surface area (Å²) in [5, 5.41) is 19.3. The number of nitrogens with one attached hydrogen (secondary N) is 3. The zero-order valence-electron chi connectivity index (χ0n) is 16.7. The third kappa shape index (κ3) is 4.99. The van der Waals surface area contributed by atoms with Crippen molar-refractivity contribution in [3.05, 3.63) is 82.3 Å². The maximum absolute atomic E-state index is 12.5. The van der Waals surface area contributed by atoms with Crippen LogP contribution in [0.5, 0.6) is 0 Å². The van der Waals surface area contributed by atoms with E-state index in [1.165, 1.54) is 24.6 Å². The molecule has 1 saturated carbocycles. The van der Waals surface area contributed by atoms with Crippen LogP contribution >= 0.6 is 0 Å². The smallest absolute Gasteiger partial charge is 0.243 e. The number of aromatic nitrogens is 2. The zero-order valence-corrected chi connectivity index (χ0v) is 17.6. The van der Waals surface area contributed by atoms with Crippen molar-refractivity contribution in [1.29, 1.82) is 10.7 Å². The molecule has 9 heteroatoms. The van der Waals surface area contributed by atoms with Gasteiger partial charge in [-0.1, -0.05) is 18.2 Å². The number of allylic oxidation sites excluding steroid dienone is 1. The first-order chi connectivity index (χ1) is 15.0. The first-order valence-corrected chi connectivity index (χ1v) is 11.4. The van der Waals surface area contributed by atoms with Crippen LogP contribution in [-0.4, -0.2) is 24.0 Å². The van der Waals surface area contributed by atoms with Crippen LogP contribution in [-0.2, 0) is 23.1 Å². The average Bonchev–Trinajstić information content (AvgIpc) is 3.55. The maximum Gasteiger partial charge on any atom is 0.243 e. The van der Waals surface area contributed by atoms with E-state index in [1.54, 1.807) is 24.3 Å². The Labute approximate surface area is 180 Å². The van der Waals surface area contributed by atoms with Gasteiger partial charge < -0.3 is 15.1 Å². The Hall–Kier alpha value is -3.48. The van der Waals surface area contributed by atoms with E-state index in [-0.39, 0.29) is 11.4 Å². The van der Waals surface area contributed by atoms with Gasteiger partial charge in [0.2, 0.25) is 10.0 Å². The van der Waals surface area contributed by atoms with Crippen molar-refractivity contribution in [2.75, 3.05) is 0 Å². The van der Waals surface area contributed by atoms with Gasteiger partial charge in [-0.3, -0.25) is 0 Å². The van der Waals surface area contributed by atoms with E-state index in [0.29, 0.717) is 18.0 Å². The number of fused-ring (bicyclic) bond motifs is 1. The molecule has 0 bridgehead atoms. The van der Waals surface area contributed by atoms with E-state index in [4.69, 9.17) is 10.7 Å². The largest absolute Gasteiger partial charge is 0.384 e. The number of sulfonamides is 1. The second-order valence-electron chi connectivity index (χ2n) is 7.44. The molecule has 31 heavy (non-hydrogen) atoms.